The number of nitrogens with zero attached hydrogens (tertiary/aromatic N) is 1. The summed E-state index contributed by atoms with van der Waals surface area (Å²) in [7, 11) is 0. The summed E-state index contributed by atoms with van der Waals surface area (Å²) in [6, 6.07) is 7.72. The fourth-order valence-electron chi connectivity index (χ4n) is 2.66. The van der Waals surface area contributed by atoms with Gasteiger partial charge < -0.3 is 14.8 Å². The standard InChI is InChI=1S/C18H27BrN2O3/c1-18(2,21-8-11-23-12-9-21)14-20-17(22)7-4-10-24-16-6-3-5-15(19)13-16/h3,5-6,13H,4,7-12,14H2,1-2H3,(H,20,22). The first kappa shape index (κ1) is 19.2. The summed E-state index contributed by atoms with van der Waals surface area (Å²) < 4.78 is 12.0. The Hall–Kier alpha value is -1.11. The van der Waals surface area contributed by atoms with Crippen LogP contribution in [-0.2, 0) is 9.53 Å². The van der Waals surface area contributed by atoms with E-state index in [1.54, 1.807) is 0 Å². The maximum Gasteiger partial charge on any atom is 0.220 e. The molecule has 5 nitrogen and oxygen atoms in total. The molecule has 1 amide bonds. The van der Waals surface area contributed by atoms with Crippen LogP contribution < -0.4 is 10.1 Å². The van der Waals surface area contributed by atoms with Gasteiger partial charge in [0.2, 0.25) is 5.91 Å². The van der Waals surface area contributed by atoms with Gasteiger partial charge in [-0.3, -0.25) is 9.69 Å². The van der Waals surface area contributed by atoms with E-state index in [2.05, 4.69) is 40.0 Å². The van der Waals surface area contributed by atoms with Crippen LogP contribution in [0.2, 0.25) is 0 Å². The smallest absolute Gasteiger partial charge is 0.220 e. The van der Waals surface area contributed by atoms with Crippen LogP contribution in [0.15, 0.2) is 28.7 Å². The van der Waals surface area contributed by atoms with Crippen molar-refractivity contribution < 1.29 is 14.3 Å². The van der Waals surface area contributed by atoms with Crippen molar-refractivity contribution in [1.29, 1.82) is 0 Å². The highest BCUT2D eigenvalue weighted by Crippen LogP contribution is 2.18. The second-order valence-corrected chi connectivity index (χ2v) is 7.51. The highest BCUT2D eigenvalue weighted by molar-refractivity contribution is 9.10. The Kier molecular flexibility index (Phi) is 7.52. The van der Waals surface area contributed by atoms with Crippen LogP contribution in [0.4, 0.5) is 0 Å². The lowest BCUT2D eigenvalue weighted by Crippen LogP contribution is -2.55. The Morgan fingerprint density at radius 3 is 2.83 bits per heavy atom. The van der Waals surface area contributed by atoms with Crippen molar-refractivity contribution in [2.75, 3.05) is 39.5 Å². The van der Waals surface area contributed by atoms with E-state index in [0.717, 1.165) is 36.5 Å². The molecule has 1 heterocycles. The molecule has 1 saturated heterocycles. The average molecular weight is 399 g/mol. The Morgan fingerprint density at radius 1 is 1.38 bits per heavy atom. The number of hydrogen-bond acceptors (Lipinski definition) is 4. The molecular formula is C18H27BrN2O3. The number of carbonyl (C=O) groups is 1. The Balaban J connectivity index is 1.62. The fourth-order valence-corrected chi connectivity index (χ4v) is 3.04. The van der Waals surface area contributed by atoms with Gasteiger partial charge in [0.25, 0.3) is 0 Å². The first-order valence-electron chi connectivity index (χ1n) is 8.45. The van der Waals surface area contributed by atoms with E-state index in [1.165, 1.54) is 0 Å². The molecule has 0 spiro atoms. The molecule has 0 bridgehead atoms. The lowest BCUT2D eigenvalue weighted by Gasteiger charge is -2.40. The lowest BCUT2D eigenvalue weighted by atomic mass is 10.0. The van der Waals surface area contributed by atoms with E-state index in [1.807, 2.05) is 24.3 Å². The van der Waals surface area contributed by atoms with E-state index >= 15 is 0 Å². The molecule has 1 fully saturated rings. The summed E-state index contributed by atoms with van der Waals surface area (Å²) in [4.78, 5) is 14.4. The van der Waals surface area contributed by atoms with Crippen LogP contribution in [0.25, 0.3) is 0 Å². The fraction of sp³-hybridized carbons (Fsp3) is 0.611. The number of hydrogen-bond donors (Lipinski definition) is 1. The van der Waals surface area contributed by atoms with Gasteiger partial charge in [0.1, 0.15) is 5.75 Å². The number of nitrogens with one attached hydrogen (secondary N) is 1. The third kappa shape index (κ3) is 6.42. The van der Waals surface area contributed by atoms with Crippen LogP contribution in [0, 0.1) is 0 Å². The minimum Gasteiger partial charge on any atom is -0.494 e. The first-order valence-corrected chi connectivity index (χ1v) is 9.24. The Labute approximate surface area is 152 Å². The third-order valence-electron chi connectivity index (χ3n) is 4.20. The van der Waals surface area contributed by atoms with Gasteiger partial charge in [-0.15, -0.1) is 0 Å². The summed E-state index contributed by atoms with van der Waals surface area (Å²) >= 11 is 3.41. The van der Waals surface area contributed by atoms with Crippen molar-refractivity contribution in [3.63, 3.8) is 0 Å². The van der Waals surface area contributed by atoms with E-state index in [9.17, 15) is 4.79 Å². The number of morpholine rings is 1. The van der Waals surface area contributed by atoms with Gasteiger partial charge in [-0.2, -0.15) is 0 Å². The second-order valence-electron chi connectivity index (χ2n) is 6.60. The van der Waals surface area contributed by atoms with Crippen LogP contribution in [-0.4, -0.2) is 55.8 Å². The predicted molar refractivity (Wildman–Crippen MR) is 98.4 cm³/mol. The molecule has 1 aliphatic rings. The molecule has 0 radical (unpaired) electrons. The minimum atomic E-state index is -0.0493. The normalized spacial score (nSPS) is 16.0. The number of rotatable bonds is 8. The third-order valence-corrected chi connectivity index (χ3v) is 4.69. The molecule has 134 valence electrons. The molecule has 0 aliphatic carbocycles. The molecule has 0 atom stereocenters. The van der Waals surface area contributed by atoms with Crippen molar-refractivity contribution in [2.24, 2.45) is 0 Å². The molecule has 1 aliphatic heterocycles. The molecular weight excluding hydrogens is 372 g/mol. The number of carbonyl (C=O) groups excluding carboxylic acids is 1. The maximum atomic E-state index is 12.0. The summed E-state index contributed by atoms with van der Waals surface area (Å²) in [5.74, 6) is 0.896. The largest absolute Gasteiger partial charge is 0.494 e. The van der Waals surface area contributed by atoms with Crippen LogP contribution in [0.3, 0.4) is 0 Å². The van der Waals surface area contributed by atoms with Crippen molar-refractivity contribution in [3.05, 3.63) is 28.7 Å². The average Bonchev–Trinajstić information content (AvgIpc) is 2.58. The summed E-state index contributed by atoms with van der Waals surface area (Å²) in [5.41, 5.74) is -0.0493. The SMILES string of the molecule is CC(C)(CNC(=O)CCCOc1cccc(Br)c1)N1CCOCC1. The van der Waals surface area contributed by atoms with Gasteiger partial charge in [-0.05, 0) is 38.5 Å². The van der Waals surface area contributed by atoms with E-state index in [0.29, 0.717) is 26.0 Å². The van der Waals surface area contributed by atoms with Gasteiger partial charge in [0, 0.05) is 36.1 Å². The molecule has 24 heavy (non-hydrogen) atoms. The van der Waals surface area contributed by atoms with Gasteiger partial charge in [0.05, 0.1) is 19.8 Å². The van der Waals surface area contributed by atoms with E-state index in [-0.39, 0.29) is 11.4 Å². The summed E-state index contributed by atoms with van der Waals surface area (Å²) in [5, 5.41) is 3.04. The number of ether oxygens (including phenoxy) is 2. The van der Waals surface area contributed by atoms with E-state index < -0.39 is 0 Å². The molecule has 6 heteroatoms. The zero-order valence-corrected chi connectivity index (χ0v) is 16.1. The highest BCUT2D eigenvalue weighted by atomic mass is 79.9. The molecule has 1 aromatic rings. The highest BCUT2D eigenvalue weighted by Gasteiger charge is 2.28. The summed E-state index contributed by atoms with van der Waals surface area (Å²) in [6.45, 7) is 8.89. The second kappa shape index (κ2) is 9.39. The lowest BCUT2D eigenvalue weighted by molar-refractivity contribution is -0.122. The van der Waals surface area contributed by atoms with Gasteiger partial charge in [0.15, 0.2) is 0 Å². The zero-order valence-electron chi connectivity index (χ0n) is 14.5. The molecule has 0 unspecified atom stereocenters. The first-order chi connectivity index (χ1) is 11.5. The van der Waals surface area contributed by atoms with Crippen LogP contribution >= 0.6 is 15.9 Å². The molecule has 0 aromatic heterocycles. The van der Waals surface area contributed by atoms with Gasteiger partial charge >= 0.3 is 0 Å². The number of halogens is 1. The predicted octanol–water partition coefficient (Wildman–Crippen LogP) is 2.84. The monoisotopic (exact) mass is 398 g/mol. The molecule has 1 N–H and O–H groups in total. The topological polar surface area (TPSA) is 50.8 Å². The number of amides is 1. The summed E-state index contributed by atoms with van der Waals surface area (Å²) in [6.07, 6.45) is 1.18. The van der Waals surface area contributed by atoms with Crippen molar-refractivity contribution in [3.8, 4) is 5.75 Å². The minimum absolute atomic E-state index is 0.0493. The van der Waals surface area contributed by atoms with Crippen molar-refractivity contribution in [2.45, 2.75) is 32.2 Å². The maximum absolute atomic E-state index is 12.0. The van der Waals surface area contributed by atoms with Crippen LogP contribution in [0.5, 0.6) is 5.75 Å². The quantitative estimate of drug-likeness (QED) is 0.684. The van der Waals surface area contributed by atoms with E-state index in [4.69, 9.17) is 9.47 Å². The van der Waals surface area contributed by atoms with Gasteiger partial charge in [-0.1, -0.05) is 22.0 Å². The van der Waals surface area contributed by atoms with Crippen LogP contribution in [0.1, 0.15) is 26.7 Å². The van der Waals surface area contributed by atoms with Crippen molar-refractivity contribution >= 4 is 21.8 Å². The Morgan fingerprint density at radius 2 is 2.12 bits per heavy atom. The molecule has 2 rings (SSSR count). The van der Waals surface area contributed by atoms with Crippen molar-refractivity contribution in [1.82, 2.24) is 10.2 Å². The van der Waals surface area contributed by atoms with Gasteiger partial charge in [-0.25, -0.2) is 0 Å². The Bertz CT molecular complexity index is 531. The molecule has 0 saturated carbocycles. The number of benzene rings is 1. The molecule has 1 aromatic carbocycles. The zero-order chi connectivity index (χ0) is 17.4.